The van der Waals surface area contributed by atoms with E-state index in [9.17, 15) is 18.8 Å². The molecule has 0 bridgehead atoms. The SMILES string of the molecule is CC(NC(=O)CNC(=O)c1cccc(F)c1)c1cccc(NC(=O)c2ccccc2)c1. The Bertz CT molecular complexity index is 1090. The molecule has 0 aliphatic rings. The molecule has 0 aliphatic carbocycles. The van der Waals surface area contributed by atoms with Crippen LogP contribution in [0.5, 0.6) is 0 Å². The third kappa shape index (κ3) is 6.24. The van der Waals surface area contributed by atoms with Gasteiger partial charge in [-0.1, -0.05) is 36.4 Å². The lowest BCUT2D eigenvalue weighted by atomic mass is 10.1. The van der Waals surface area contributed by atoms with E-state index < -0.39 is 17.6 Å². The highest BCUT2D eigenvalue weighted by molar-refractivity contribution is 6.04. The topological polar surface area (TPSA) is 87.3 Å². The minimum Gasteiger partial charge on any atom is -0.348 e. The fourth-order valence-electron chi connectivity index (χ4n) is 2.95. The van der Waals surface area contributed by atoms with E-state index in [1.54, 1.807) is 49.4 Å². The third-order valence-corrected chi connectivity index (χ3v) is 4.55. The maximum atomic E-state index is 13.2. The summed E-state index contributed by atoms with van der Waals surface area (Å²) in [6, 6.07) is 20.9. The second-order valence-electron chi connectivity index (χ2n) is 6.93. The number of carbonyl (C=O) groups excluding carboxylic acids is 3. The average molecular weight is 419 g/mol. The first-order chi connectivity index (χ1) is 14.9. The molecule has 1 unspecified atom stereocenters. The summed E-state index contributed by atoms with van der Waals surface area (Å²) >= 11 is 0. The van der Waals surface area contributed by atoms with Crippen molar-refractivity contribution in [3.05, 3.63) is 101 Å². The number of benzene rings is 3. The number of amides is 3. The lowest BCUT2D eigenvalue weighted by Gasteiger charge is -2.16. The smallest absolute Gasteiger partial charge is 0.255 e. The second-order valence-corrected chi connectivity index (χ2v) is 6.93. The van der Waals surface area contributed by atoms with Crippen LogP contribution in [0, 0.1) is 5.82 Å². The Morgan fingerprint density at radius 1 is 0.839 bits per heavy atom. The number of anilines is 1. The first kappa shape index (κ1) is 21.7. The largest absolute Gasteiger partial charge is 0.348 e. The average Bonchev–Trinajstić information content (AvgIpc) is 2.78. The molecule has 0 heterocycles. The molecule has 158 valence electrons. The van der Waals surface area contributed by atoms with Crippen LogP contribution in [0.25, 0.3) is 0 Å². The molecule has 6 nitrogen and oxygen atoms in total. The molecule has 3 aromatic carbocycles. The van der Waals surface area contributed by atoms with Crippen molar-refractivity contribution in [1.82, 2.24) is 10.6 Å². The monoisotopic (exact) mass is 419 g/mol. The Hall–Kier alpha value is -4.00. The third-order valence-electron chi connectivity index (χ3n) is 4.55. The van der Waals surface area contributed by atoms with Crippen LogP contribution in [0.3, 0.4) is 0 Å². The van der Waals surface area contributed by atoms with Gasteiger partial charge < -0.3 is 16.0 Å². The quantitative estimate of drug-likeness (QED) is 0.546. The standard InChI is InChI=1S/C24H22FN3O3/c1-16(27-22(29)15-26-23(30)19-10-5-11-20(25)13-19)18-9-6-12-21(14-18)28-24(31)17-7-3-2-4-8-17/h2-14,16H,15H2,1H3,(H,26,30)(H,27,29)(H,28,31). The zero-order chi connectivity index (χ0) is 22.2. The zero-order valence-corrected chi connectivity index (χ0v) is 16.9. The molecule has 0 saturated carbocycles. The summed E-state index contributed by atoms with van der Waals surface area (Å²) in [5.74, 6) is -1.68. The van der Waals surface area contributed by atoms with Gasteiger partial charge in [0.1, 0.15) is 5.82 Å². The summed E-state index contributed by atoms with van der Waals surface area (Å²) < 4.78 is 13.2. The molecule has 0 radical (unpaired) electrons. The van der Waals surface area contributed by atoms with Gasteiger partial charge in [0.25, 0.3) is 11.8 Å². The highest BCUT2D eigenvalue weighted by Crippen LogP contribution is 2.18. The van der Waals surface area contributed by atoms with Gasteiger partial charge in [-0.2, -0.15) is 0 Å². The van der Waals surface area contributed by atoms with Crippen LogP contribution in [0.4, 0.5) is 10.1 Å². The molecule has 0 fully saturated rings. The zero-order valence-electron chi connectivity index (χ0n) is 16.9. The Labute approximate surface area is 179 Å². The van der Waals surface area contributed by atoms with Gasteiger partial charge in [0.2, 0.25) is 5.91 Å². The van der Waals surface area contributed by atoms with Crippen LogP contribution in [0.15, 0.2) is 78.9 Å². The number of carbonyl (C=O) groups is 3. The summed E-state index contributed by atoms with van der Waals surface area (Å²) in [5, 5.41) is 8.08. The molecule has 3 rings (SSSR count). The highest BCUT2D eigenvalue weighted by Gasteiger charge is 2.13. The minimum atomic E-state index is -0.534. The van der Waals surface area contributed by atoms with Gasteiger partial charge in [0.05, 0.1) is 12.6 Å². The van der Waals surface area contributed by atoms with Gasteiger partial charge in [-0.25, -0.2) is 4.39 Å². The molecule has 3 amide bonds. The first-order valence-electron chi connectivity index (χ1n) is 9.72. The van der Waals surface area contributed by atoms with E-state index in [1.807, 2.05) is 12.1 Å². The molecule has 0 aromatic heterocycles. The van der Waals surface area contributed by atoms with Crippen LogP contribution in [-0.4, -0.2) is 24.3 Å². The highest BCUT2D eigenvalue weighted by atomic mass is 19.1. The second kappa shape index (κ2) is 10.2. The number of hydrogen-bond donors (Lipinski definition) is 3. The van der Waals surface area contributed by atoms with Crippen molar-refractivity contribution in [1.29, 1.82) is 0 Å². The molecule has 0 aliphatic heterocycles. The van der Waals surface area contributed by atoms with Crippen LogP contribution >= 0.6 is 0 Å². The lowest BCUT2D eigenvalue weighted by molar-refractivity contribution is -0.120. The van der Waals surface area contributed by atoms with Crippen molar-refractivity contribution < 1.29 is 18.8 Å². The van der Waals surface area contributed by atoms with E-state index in [2.05, 4.69) is 16.0 Å². The van der Waals surface area contributed by atoms with Gasteiger partial charge in [-0.3, -0.25) is 14.4 Å². The van der Waals surface area contributed by atoms with Crippen molar-refractivity contribution in [3.8, 4) is 0 Å². The maximum absolute atomic E-state index is 13.2. The van der Waals surface area contributed by atoms with Crippen molar-refractivity contribution in [2.24, 2.45) is 0 Å². The summed E-state index contributed by atoms with van der Waals surface area (Å²) in [6.45, 7) is 1.55. The van der Waals surface area contributed by atoms with Crippen molar-refractivity contribution in [2.45, 2.75) is 13.0 Å². The summed E-state index contributed by atoms with van der Waals surface area (Å²) in [4.78, 5) is 36.5. The van der Waals surface area contributed by atoms with E-state index in [4.69, 9.17) is 0 Å². The van der Waals surface area contributed by atoms with E-state index in [-0.39, 0.29) is 24.1 Å². The molecule has 0 spiro atoms. The summed E-state index contributed by atoms with van der Waals surface area (Å²) in [6.07, 6.45) is 0. The van der Waals surface area contributed by atoms with Crippen LogP contribution < -0.4 is 16.0 Å². The predicted octanol–water partition coefficient (Wildman–Crippen LogP) is 3.69. The van der Waals surface area contributed by atoms with E-state index in [0.29, 0.717) is 11.3 Å². The van der Waals surface area contributed by atoms with Crippen LogP contribution in [0.2, 0.25) is 0 Å². The fraction of sp³-hybridized carbons (Fsp3) is 0.125. The van der Waals surface area contributed by atoms with Gasteiger partial charge in [-0.15, -0.1) is 0 Å². The van der Waals surface area contributed by atoms with E-state index in [0.717, 1.165) is 11.6 Å². The van der Waals surface area contributed by atoms with Crippen molar-refractivity contribution in [3.63, 3.8) is 0 Å². The van der Waals surface area contributed by atoms with Gasteiger partial charge in [0, 0.05) is 16.8 Å². The number of hydrogen-bond acceptors (Lipinski definition) is 3. The first-order valence-corrected chi connectivity index (χ1v) is 9.72. The maximum Gasteiger partial charge on any atom is 0.255 e. The molecular formula is C24H22FN3O3. The molecule has 3 N–H and O–H groups in total. The Kier molecular flexibility index (Phi) is 7.11. The number of rotatable bonds is 7. The molecule has 31 heavy (non-hydrogen) atoms. The van der Waals surface area contributed by atoms with Gasteiger partial charge >= 0.3 is 0 Å². The summed E-state index contributed by atoms with van der Waals surface area (Å²) in [7, 11) is 0. The lowest BCUT2D eigenvalue weighted by Crippen LogP contribution is -2.38. The Morgan fingerprint density at radius 3 is 2.29 bits per heavy atom. The van der Waals surface area contributed by atoms with Crippen LogP contribution in [0.1, 0.15) is 39.2 Å². The minimum absolute atomic E-state index is 0.141. The molecule has 0 saturated heterocycles. The van der Waals surface area contributed by atoms with Crippen LogP contribution in [-0.2, 0) is 4.79 Å². The Morgan fingerprint density at radius 2 is 1.55 bits per heavy atom. The Balaban J connectivity index is 1.54. The molecular weight excluding hydrogens is 397 g/mol. The van der Waals surface area contributed by atoms with E-state index >= 15 is 0 Å². The van der Waals surface area contributed by atoms with Gasteiger partial charge in [-0.05, 0) is 55.0 Å². The molecule has 7 heteroatoms. The number of nitrogens with one attached hydrogen (secondary N) is 3. The molecule has 1 atom stereocenters. The summed E-state index contributed by atoms with van der Waals surface area (Å²) in [5.41, 5.74) is 2.08. The predicted molar refractivity (Wildman–Crippen MR) is 116 cm³/mol. The van der Waals surface area contributed by atoms with Crippen molar-refractivity contribution >= 4 is 23.4 Å². The van der Waals surface area contributed by atoms with Gasteiger partial charge in [0.15, 0.2) is 0 Å². The molecule has 3 aromatic rings. The number of halogens is 1. The van der Waals surface area contributed by atoms with Crippen molar-refractivity contribution in [2.75, 3.05) is 11.9 Å². The fourth-order valence-corrected chi connectivity index (χ4v) is 2.95. The normalized spacial score (nSPS) is 11.3. The van der Waals surface area contributed by atoms with E-state index in [1.165, 1.54) is 18.2 Å².